The Labute approximate surface area is 146 Å². The lowest BCUT2D eigenvalue weighted by Crippen LogP contribution is -2.22. The molecule has 0 aliphatic carbocycles. The number of nitrogens with zero attached hydrogens (tertiary/aromatic N) is 2. The molecule has 128 valence electrons. The molecule has 0 radical (unpaired) electrons. The van der Waals surface area contributed by atoms with Crippen LogP contribution < -0.4 is 19.8 Å². The van der Waals surface area contributed by atoms with Gasteiger partial charge in [-0.15, -0.1) is 0 Å². The van der Waals surface area contributed by atoms with Crippen molar-refractivity contribution in [1.29, 1.82) is 0 Å². The summed E-state index contributed by atoms with van der Waals surface area (Å²) in [6.45, 7) is 3.60. The highest BCUT2D eigenvalue weighted by molar-refractivity contribution is 5.94. The van der Waals surface area contributed by atoms with Crippen LogP contribution in [0.25, 0.3) is 0 Å². The van der Waals surface area contributed by atoms with Gasteiger partial charge in [-0.3, -0.25) is 9.80 Å². The van der Waals surface area contributed by atoms with Gasteiger partial charge in [0.05, 0.1) is 5.69 Å². The third-order valence-electron chi connectivity index (χ3n) is 4.29. The van der Waals surface area contributed by atoms with E-state index in [1.165, 1.54) is 0 Å². The summed E-state index contributed by atoms with van der Waals surface area (Å²) in [5, 5.41) is 9.35. The maximum atomic E-state index is 12.3. The molecule has 6 heteroatoms. The zero-order valence-corrected chi connectivity index (χ0v) is 14.0. The van der Waals surface area contributed by atoms with E-state index < -0.39 is 0 Å². The molecular formula is C19H19N3O3. The van der Waals surface area contributed by atoms with Crippen molar-refractivity contribution in [3.8, 4) is 11.5 Å². The fourth-order valence-corrected chi connectivity index (χ4v) is 2.88. The minimum absolute atomic E-state index is 0.106. The average Bonchev–Trinajstić information content (AvgIpc) is 3.28. The van der Waals surface area contributed by atoms with E-state index in [2.05, 4.69) is 10.4 Å². The van der Waals surface area contributed by atoms with Crippen molar-refractivity contribution in [2.24, 2.45) is 5.10 Å². The van der Waals surface area contributed by atoms with E-state index >= 15 is 0 Å². The van der Waals surface area contributed by atoms with Crippen LogP contribution in [-0.4, -0.2) is 25.0 Å². The number of hydrazone groups is 1. The molecule has 0 aromatic heterocycles. The molecule has 1 amide bonds. The second-order valence-electron chi connectivity index (χ2n) is 6.13. The number of amides is 1. The standard InChI is InChI=1S/C19H19N3O3/c1-13-8-9-22(21-13)16-5-3-15(4-6-16)19(23)20-11-14-2-7-17-18(10-14)25-12-24-17/h2-7,10H,8-9,11-12H2,1H3,(H,20,23). The van der Waals surface area contributed by atoms with Gasteiger partial charge < -0.3 is 14.8 Å². The first kappa shape index (κ1) is 15.5. The van der Waals surface area contributed by atoms with Crippen molar-refractivity contribution in [3.05, 3.63) is 53.6 Å². The van der Waals surface area contributed by atoms with Crippen molar-refractivity contribution in [1.82, 2.24) is 5.32 Å². The second-order valence-corrected chi connectivity index (χ2v) is 6.13. The number of carbonyl (C=O) groups is 1. The number of anilines is 1. The summed E-state index contributed by atoms with van der Waals surface area (Å²) in [6, 6.07) is 13.2. The second kappa shape index (κ2) is 6.47. The van der Waals surface area contributed by atoms with Crippen LogP contribution >= 0.6 is 0 Å². The predicted molar refractivity (Wildman–Crippen MR) is 95.2 cm³/mol. The molecular weight excluding hydrogens is 318 g/mol. The minimum Gasteiger partial charge on any atom is -0.454 e. The Bertz CT molecular complexity index is 830. The first-order valence-electron chi connectivity index (χ1n) is 8.27. The summed E-state index contributed by atoms with van der Waals surface area (Å²) in [6.07, 6.45) is 0.984. The molecule has 2 aromatic rings. The van der Waals surface area contributed by atoms with E-state index in [0.29, 0.717) is 12.1 Å². The summed E-state index contributed by atoms with van der Waals surface area (Å²) in [4.78, 5) is 12.3. The molecule has 0 bridgehead atoms. The Morgan fingerprint density at radius 2 is 1.96 bits per heavy atom. The topological polar surface area (TPSA) is 63.2 Å². The normalized spacial score (nSPS) is 15.2. The Hall–Kier alpha value is -3.02. The minimum atomic E-state index is -0.106. The van der Waals surface area contributed by atoms with E-state index in [9.17, 15) is 4.79 Å². The molecule has 0 spiro atoms. The number of rotatable bonds is 4. The quantitative estimate of drug-likeness (QED) is 0.932. The molecule has 0 fully saturated rings. The molecule has 25 heavy (non-hydrogen) atoms. The van der Waals surface area contributed by atoms with Crippen molar-refractivity contribution >= 4 is 17.3 Å². The average molecular weight is 337 g/mol. The number of carbonyl (C=O) groups excluding carboxylic acids is 1. The molecule has 2 aliphatic heterocycles. The van der Waals surface area contributed by atoms with Gasteiger partial charge >= 0.3 is 0 Å². The van der Waals surface area contributed by atoms with Crippen molar-refractivity contribution in [2.75, 3.05) is 18.3 Å². The largest absolute Gasteiger partial charge is 0.454 e. The summed E-state index contributed by atoms with van der Waals surface area (Å²) in [7, 11) is 0. The lowest BCUT2D eigenvalue weighted by molar-refractivity contribution is 0.0951. The molecule has 0 saturated carbocycles. The highest BCUT2D eigenvalue weighted by Crippen LogP contribution is 2.32. The van der Waals surface area contributed by atoms with Crippen LogP contribution in [-0.2, 0) is 6.54 Å². The predicted octanol–water partition coefficient (Wildman–Crippen LogP) is 2.93. The van der Waals surface area contributed by atoms with Crippen molar-refractivity contribution in [2.45, 2.75) is 19.9 Å². The van der Waals surface area contributed by atoms with E-state index in [-0.39, 0.29) is 12.7 Å². The Morgan fingerprint density at radius 3 is 2.72 bits per heavy atom. The third kappa shape index (κ3) is 3.28. The smallest absolute Gasteiger partial charge is 0.251 e. The van der Waals surface area contributed by atoms with E-state index in [1.807, 2.05) is 54.4 Å². The van der Waals surface area contributed by atoms with Crippen LogP contribution in [0.4, 0.5) is 5.69 Å². The summed E-state index contributed by atoms with van der Waals surface area (Å²) in [5.41, 5.74) is 3.73. The highest BCUT2D eigenvalue weighted by atomic mass is 16.7. The van der Waals surface area contributed by atoms with Crippen LogP contribution in [0.2, 0.25) is 0 Å². The van der Waals surface area contributed by atoms with E-state index in [1.54, 1.807) is 0 Å². The number of hydrogen-bond donors (Lipinski definition) is 1. The zero-order valence-electron chi connectivity index (χ0n) is 14.0. The molecule has 2 heterocycles. The summed E-state index contributed by atoms with van der Waals surface area (Å²) in [5.74, 6) is 1.35. The van der Waals surface area contributed by atoms with Crippen LogP contribution in [0.1, 0.15) is 29.3 Å². The van der Waals surface area contributed by atoms with Gasteiger partial charge in [-0.1, -0.05) is 6.07 Å². The Morgan fingerprint density at radius 1 is 1.16 bits per heavy atom. The van der Waals surface area contributed by atoms with Crippen molar-refractivity contribution in [3.63, 3.8) is 0 Å². The molecule has 0 unspecified atom stereocenters. The van der Waals surface area contributed by atoms with Gasteiger partial charge in [0.1, 0.15) is 0 Å². The number of nitrogens with one attached hydrogen (secondary N) is 1. The summed E-state index contributed by atoms with van der Waals surface area (Å²) < 4.78 is 10.6. The van der Waals surface area contributed by atoms with Gasteiger partial charge in [0.15, 0.2) is 11.5 Å². The van der Waals surface area contributed by atoms with E-state index in [4.69, 9.17) is 9.47 Å². The SMILES string of the molecule is CC1=NN(c2ccc(C(=O)NCc3ccc4c(c3)OCO4)cc2)CC1. The van der Waals surface area contributed by atoms with Crippen LogP contribution in [0, 0.1) is 0 Å². The van der Waals surface area contributed by atoms with Gasteiger partial charge in [-0.05, 0) is 48.9 Å². The molecule has 6 nitrogen and oxygen atoms in total. The molecule has 1 N–H and O–H groups in total. The van der Waals surface area contributed by atoms with Crippen LogP contribution in [0.15, 0.2) is 47.6 Å². The fraction of sp³-hybridized carbons (Fsp3) is 0.263. The number of benzene rings is 2. The van der Waals surface area contributed by atoms with Crippen LogP contribution in [0.5, 0.6) is 11.5 Å². The zero-order chi connectivity index (χ0) is 17.2. The van der Waals surface area contributed by atoms with Gasteiger partial charge in [0, 0.05) is 30.8 Å². The van der Waals surface area contributed by atoms with Gasteiger partial charge in [-0.2, -0.15) is 5.10 Å². The molecule has 2 aliphatic rings. The fourth-order valence-electron chi connectivity index (χ4n) is 2.88. The van der Waals surface area contributed by atoms with Gasteiger partial charge in [-0.25, -0.2) is 0 Å². The third-order valence-corrected chi connectivity index (χ3v) is 4.29. The summed E-state index contributed by atoms with van der Waals surface area (Å²) >= 11 is 0. The molecule has 4 rings (SSSR count). The van der Waals surface area contributed by atoms with Gasteiger partial charge in [0.25, 0.3) is 5.91 Å². The van der Waals surface area contributed by atoms with Crippen molar-refractivity contribution < 1.29 is 14.3 Å². The number of hydrogen-bond acceptors (Lipinski definition) is 5. The highest BCUT2D eigenvalue weighted by Gasteiger charge is 2.15. The number of fused-ring (bicyclic) bond motifs is 1. The molecule has 0 saturated heterocycles. The first-order chi connectivity index (χ1) is 12.2. The Balaban J connectivity index is 1.38. The first-order valence-corrected chi connectivity index (χ1v) is 8.27. The lowest BCUT2D eigenvalue weighted by atomic mass is 10.1. The maximum Gasteiger partial charge on any atom is 0.251 e. The molecule has 2 aromatic carbocycles. The Kier molecular flexibility index (Phi) is 4.01. The monoisotopic (exact) mass is 337 g/mol. The maximum absolute atomic E-state index is 12.3. The lowest BCUT2D eigenvalue weighted by Gasteiger charge is -2.14. The number of ether oxygens (including phenoxy) is 2. The van der Waals surface area contributed by atoms with Gasteiger partial charge in [0.2, 0.25) is 6.79 Å². The van der Waals surface area contributed by atoms with E-state index in [0.717, 1.165) is 41.4 Å². The van der Waals surface area contributed by atoms with Crippen LogP contribution in [0.3, 0.4) is 0 Å². The molecule has 0 atom stereocenters.